The summed E-state index contributed by atoms with van der Waals surface area (Å²) < 4.78 is 24.6. The van der Waals surface area contributed by atoms with Crippen molar-refractivity contribution in [2.75, 3.05) is 29.5 Å². The molecule has 0 spiro atoms. The van der Waals surface area contributed by atoms with Gasteiger partial charge < -0.3 is 21.5 Å². The molecule has 1 unspecified atom stereocenters. The molecule has 0 bridgehead atoms. The van der Waals surface area contributed by atoms with E-state index in [1.165, 1.54) is 6.92 Å². The van der Waals surface area contributed by atoms with Gasteiger partial charge in [-0.2, -0.15) is 0 Å². The molecule has 1 aromatic rings. The SMILES string of the molecule is CCS(=O)(=O)c1c(N2CCCC(O)C2)sc(C(N)=O)c1N. The highest BCUT2D eigenvalue weighted by atomic mass is 32.2. The monoisotopic (exact) mass is 333 g/mol. The number of nitrogens with zero attached hydrogens (tertiary/aromatic N) is 1. The molecule has 0 radical (unpaired) electrons. The van der Waals surface area contributed by atoms with E-state index in [2.05, 4.69) is 0 Å². The first kappa shape index (κ1) is 16.1. The summed E-state index contributed by atoms with van der Waals surface area (Å²) in [6.07, 6.45) is 0.906. The highest BCUT2D eigenvalue weighted by Crippen LogP contribution is 2.42. The van der Waals surface area contributed by atoms with Crippen LogP contribution in [0, 0.1) is 0 Å². The average Bonchev–Trinajstić information content (AvgIpc) is 2.77. The number of nitrogen functional groups attached to an aromatic ring is 1. The van der Waals surface area contributed by atoms with Crippen molar-refractivity contribution in [3.05, 3.63) is 4.88 Å². The van der Waals surface area contributed by atoms with Gasteiger partial charge in [0.1, 0.15) is 14.8 Å². The molecule has 2 heterocycles. The second-order valence-electron chi connectivity index (χ2n) is 4.99. The van der Waals surface area contributed by atoms with Crippen LogP contribution in [-0.4, -0.2) is 44.4 Å². The van der Waals surface area contributed by atoms with Gasteiger partial charge in [-0.1, -0.05) is 6.92 Å². The summed E-state index contributed by atoms with van der Waals surface area (Å²) in [5.41, 5.74) is 11.0. The number of carbonyl (C=O) groups excluding carboxylic acids is 1. The van der Waals surface area contributed by atoms with Crippen LogP contribution in [0.25, 0.3) is 0 Å². The molecule has 0 aromatic carbocycles. The van der Waals surface area contributed by atoms with Crippen LogP contribution in [0.3, 0.4) is 0 Å². The molecule has 1 fully saturated rings. The Morgan fingerprint density at radius 2 is 2.19 bits per heavy atom. The van der Waals surface area contributed by atoms with Gasteiger partial charge in [0, 0.05) is 13.1 Å². The standard InChI is InChI=1S/C12H19N3O4S2/c1-2-21(18,19)10-8(13)9(11(14)17)20-12(10)15-5-3-4-7(16)6-15/h7,16H,2-6,13H2,1H3,(H2,14,17). The fraction of sp³-hybridized carbons (Fsp3) is 0.583. The third kappa shape index (κ3) is 2.99. The molecule has 1 saturated heterocycles. The van der Waals surface area contributed by atoms with Crippen molar-refractivity contribution in [3.63, 3.8) is 0 Å². The number of nitrogens with two attached hydrogens (primary N) is 2. The predicted molar refractivity (Wildman–Crippen MR) is 82.4 cm³/mol. The fourth-order valence-corrected chi connectivity index (χ4v) is 5.09. The summed E-state index contributed by atoms with van der Waals surface area (Å²) in [7, 11) is -3.58. The number of rotatable bonds is 4. The van der Waals surface area contributed by atoms with E-state index in [1.807, 2.05) is 0 Å². The Kier molecular flexibility index (Phi) is 4.45. The van der Waals surface area contributed by atoms with E-state index < -0.39 is 21.8 Å². The molecular formula is C12H19N3O4S2. The average molecular weight is 333 g/mol. The Morgan fingerprint density at radius 3 is 2.71 bits per heavy atom. The molecular weight excluding hydrogens is 314 g/mol. The molecule has 1 aromatic heterocycles. The van der Waals surface area contributed by atoms with E-state index in [4.69, 9.17) is 11.5 Å². The lowest BCUT2D eigenvalue weighted by atomic mass is 10.1. The van der Waals surface area contributed by atoms with E-state index in [0.29, 0.717) is 24.5 Å². The minimum Gasteiger partial charge on any atom is -0.396 e. The van der Waals surface area contributed by atoms with Crippen molar-refractivity contribution in [1.29, 1.82) is 0 Å². The number of sulfone groups is 1. The van der Waals surface area contributed by atoms with Crippen molar-refractivity contribution in [2.24, 2.45) is 5.73 Å². The number of thiophene rings is 1. The van der Waals surface area contributed by atoms with E-state index in [1.54, 1.807) is 4.90 Å². The lowest BCUT2D eigenvalue weighted by molar-refractivity contribution is 0.100. The molecule has 9 heteroatoms. The molecule has 0 aliphatic carbocycles. The van der Waals surface area contributed by atoms with Crippen molar-refractivity contribution < 1.29 is 18.3 Å². The molecule has 2 rings (SSSR count). The zero-order chi connectivity index (χ0) is 15.8. The number of anilines is 2. The van der Waals surface area contributed by atoms with E-state index in [9.17, 15) is 18.3 Å². The maximum absolute atomic E-state index is 12.3. The Bertz CT molecular complexity index is 654. The Labute approximate surface area is 127 Å². The molecule has 1 aliphatic heterocycles. The van der Waals surface area contributed by atoms with Gasteiger partial charge in [-0.05, 0) is 12.8 Å². The first-order valence-electron chi connectivity index (χ1n) is 6.65. The molecule has 1 aliphatic rings. The summed E-state index contributed by atoms with van der Waals surface area (Å²) in [6.45, 7) is 2.46. The number of piperidine rings is 1. The maximum Gasteiger partial charge on any atom is 0.261 e. The van der Waals surface area contributed by atoms with Gasteiger partial charge in [-0.15, -0.1) is 11.3 Å². The number of aliphatic hydroxyl groups is 1. The summed E-state index contributed by atoms with van der Waals surface area (Å²) in [5, 5.41) is 10.2. The smallest absolute Gasteiger partial charge is 0.261 e. The summed E-state index contributed by atoms with van der Waals surface area (Å²) >= 11 is 0.981. The third-order valence-electron chi connectivity index (χ3n) is 3.48. The molecule has 0 saturated carbocycles. The molecule has 118 valence electrons. The predicted octanol–water partition coefficient (Wildman–Crippen LogP) is 0.184. The van der Waals surface area contributed by atoms with Crippen LogP contribution in [-0.2, 0) is 9.84 Å². The van der Waals surface area contributed by atoms with Crippen LogP contribution in [0.5, 0.6) is 0 Å². The van der Waals surface area contributed by atoms with E-state index >= 15 is 0 Å². The van der Waals surface area contributed by atoms with Gasteiger partial charge in [0.05, 0.1) is 17.5 Å². The first-order valence-corrected chi connectivity index (χ1v) is 9.12. The van der Waals surface area contributed by atoms with Crippen molar-refractivity contribution in [1.82, 2.24) is 0 Å². The van der Waals surface area contributed by atoms with Gasteiger partial charge in [-0.25, -0.2) is 8.42 Å². The van der Waals surface area contributed by atoms with Crippen molar-refractivity contribution in [3.8, 4) is 0 Å². The molecule has 1 amide bonds. The Balaban J connectivity index is 2.59. The van der Waals surface area contributed by atoms with Gasteiger partial charge in [0.2, 0.25) is 0 Å². The number of β-amino-alcohol motifs (C(OH)–C–C–N with tert-alkyl or cyclic N) is 1. The Hall–Kier alpha value is -1.32. The number of amides is 1. The molecule has 1 atom stereocenters. The van der Waals surface area contributed by atoms with Crippen LogP contribution < -0.4 is 16.4 Å². The van der Waals surface area contributed by atoms with Gasteiger partial charge >= 0.3 is 0 Å². The quantitative estimate of drug-likeness (QED) is 0.721. The number of carbonyl (C=O) groups is 1. The largest absolute Gasteiger partial charge is 0.396 e. The fourth-order valence-electron chi connectivity index (χ4n) is 2.39. The second kappa shape index (κ2) is 5.82. The Morgan fingerprint density at radius 1 is 1.52 bits per heavy atom. The molecule has 21 heavy (non-hydrogen) atoms. The molecule has 7 nitrogen and oxygen atoms in total. The minimum atomic E-state index is -3.58. The van der Waals surface area contributed by atoms with Crippen LogP contribution in [0.15, 0.2) is 4.90 Å². The summed E-state index contributed by atoms with van der Waals surface area (Å²) in [4.78, 5) is 13.2. The van der Waals surface area contributed by atoms with Crippen molar-refractivity contribution >= 4 is 37.8 Å². The van der Waals surface area contributed by atoms with E-state index in [-0.39, 0.29) is 21.2 Å². The number of primary amides is 1. The van der Waals surface area contributed by atoms with E-state index in [0.717, 1.165) is 17.8 Å². The normalized spacial score (nSPS) is 19.7. The minimum absolute atomic E-state index is 0.0297. The highest BCUT2D eigenvalue weighted by molar-refractivity contribution is 7.92. The van der Waals surface area contributed by atoms with Gasteiger partial charge in [0.15, 0.2) is 9.84 Å². The van der Waals surface area contributed by atoms with Gasteiger partial charge in [0.25, 0.3) is 5.91 Å². The summed E-state index contributed by atoms with van der Waals surface area (Å²) in [5.74, 6) is -0.857. The number of hydrogen-bond acceptors (Lipinski definition) is 7. The lowest BCUT2D eigenvalue weighted by Crippen LogP contribution is -2.38. The zero-order valence-electron chi connectivity index (χ0n) is 11.7. The topological polar surface area (TPSA) is 127 Å². The summed E-state index contributed by atoms with van der Waals surface area (Å²) in [6, 6.07) is 0. The maximum atomic E-state index is 12.3. The molecule has 5 N–H and O–H groups in total. The van der Waals surface area contributed by atoms with Crippen LogP contribution >= 0.6 is 11.3 Å². The van der Waals surface area contributed by atoms with Gasteiger partial charge in [-0.3, -0.25) is 4.79 Å². The lowest BCUT2D eigenvalue weighted by Gasteiger charge is -2.31. The third-order valence-corrected chi connectivity index (χ3v) is 6.69. The van der Waals surface area contributed by atoms with Crippen LogP contribution in [0.1, 0.15) is 29.4 Å². The zero-order valence-corrected chi connectivity index (χ0v) is 13.3. The van der Waals surface area contributed by atoms with Crippen LogP contribution in [0.4, 0.5) is 10.7 Å². The number of aliphatic hydroxyl groups excluding tert-OH is 1. The van der Waals surface area contributed by atoms with Crippen LogP contribution in [0.2, 0.25) is 0 Å². The first-order chi connectivity index (χ1) is 9.77. The highest BCUT2D eigenvalue weighted by Gasteiger charge is 2.32. The second-order valence-corrected chi connectivity index (χ2v) is 8.20. The van der Waals surface area contributed by atoms with Crippen molar-refractivity contribution in [2.45, 2.75) is 30.8 Å². The number of hydrogen-bond donors (Lipinski definition) is 3.